The van der Waals surface area contributed by atoms with Crippen molar-refractivity contribution in [1.29, 1.82) is 0 Å². The maximum atomic E-state index is 12.1. The molecule has 0 saturated heterocycles. The lowest BCUT2D eigenvalue weighted by Gasteiger charge is -2.20. The van der Waals surface area contributed by atoms with Crippen molar-refractivity contribution < 1.29 is 9.53 Å². The van der Waals surface area contributed by atoms with Crippen LogP contribution in [-0.2, 0) is 9.53 Å². The van der Waals surface area contributed by atoms with Crippen LogP contribution in [0.3, 0.4) is 0 Å². The van der Waals surface area contributed by atoms with E-state index in [2.05, 4.69) is 5.32 Å². The van der Waals surface area contributed by atoms with Gasteiger partial charge in [-0.3, -0.25) is 4.79 Å². The van der Waals surface area contributed by atoms with Crippen molar-refractivity contribution in [3.63, 3.8) is 0 Å². The predicted molar refractivity (Wildman–Crippen MR) is 85.6 cm³/mol. The maximum absolute atomic E-state index is 12.1. The van der Waals surface area contributed by atoms with Gasteiger partial charge in [0.15, 0.2) is 0 Å². The zero-order valence-electron chi connectivity index (χ0n) is 11.6. The monoisotopic (exact) mass is 324 g/mol. The van der Waals surface area contributed by atoms with Gasteiger partial charge < -0.3 is 15.8 Å². The Balaban J connectivity index is 2.21. The van der Waals surface area contributed by atoms with Crippen LogP contribution in [0.25, 0.3) is 0 Å². The Morgan fingerprint density at radius 1 is 1.38 bits per heavy atom. The summed E-state index contributed by atoms with van der Waals surface area (Å²) in [5, 5.41) is 5.59. The lowest BCUT2D eigenvalue weighted by Crippen LogP contribution is -2.44. The smallest absolute Gasteiger partial charge is 0.240 e. The topological polar surface area (TPSA) is 64.3 Å². The summed E-state index contributed by atoms with van der Waals surface area (Å²) < 4.78 is 4.92. The summed E-state index contributed by atoms with van der Waals surface area (Å²) >= 11 is 7.49. The van der Waals surface area contributed by atoms with Crippen LogP contribution in [-0.4, -0.2) is 25.7 Å². The van der Waals surface area contributed by atoms with Crippen LogP contribution >= 0.6 is 22.9 Å². The van der Waals surface area contributed by atoms with E-state index < -0.39 is 6.04 Å². The second kappa shape index (κ2) is 7.56. The first-order valence-electron chi connectivity index (χ1n) is 6.45. The minimum atomic E-state index is -0.690. The number of nitrogens with two attached hydrogens (primary N) is 1. The molecule has 0 aliphatic heterocycles. The summed E-state index contributed by atoms with van der Waals surface area (Å²) in [7, 11) is 1.52. The molecular formula is C15H17ClN2O2S. The summed E-state index contributed by atoms with van der Waals surface area (Å²) in [5.41, 5.74) is 6.74. The van der Waals surface area contributed by atoms with Crippen molar-refractivity contribution in [1.82, 2.24) is 5.32 Å². The van der Waals surface area contributed by atoms with Gasteiger partial charge in [-0.05, 0) is 29.1 Å². The number of rotatable bonds is 6. The number of carbonyl (C=O) groups excluding carboxylic acids is 1. The van der Waals surface area contributed by atoms with E-state index in [-0.39, 0.29) is 18.6 Å². The molecule has 21 heavy (non-hydrogen) atoms. The Labute approximate surface area is 132 Å². The highest BCUT2D eigenvalue weighted by atomic mass is 35.5. The fourth-order valence-corrected chi connectivity index (χ4v) is 2.86. The molecule has 0 aliphatic rings. The van der Waals surface area contributed by atoms with E-state index in [4.69, 9.17) is 22.1 Å². The molecule has 0 bridgehead atoms. The number of methoxy groups -OCH3 is 1. The zero-order valence-corrected chi connectivity index (χ0v) is 13.2. The number of thiophene rings is 1. The Hall–Kier alpha value is -1.40. The van der Waals surface area contributed by atoms with E-state index in [1.54, 1.807) is 23.5 Å². The Kier molecular flexibility index (Phi) is 5.76. The molecule has 0 spiro atoms. The SMILES string of the molecule is COCC(N)C(=O)NC(c1ccc(Cl)cc1)c1cccs1. The normalized spacial score (nSPS) is 13.7. The van der Waals surface area contributed by atoms with Crippen LogP contribution in [0.1, 0.15) is 16.5 Å². The van der Waals surface area contributed by atoms with Crippen LogP contribution in [0.5, 0.6) is 0 Å². The number of nitrogens with one attached hydrogen (secondary N) is 1. The average Bonchev–Trinajstić information content (AvgIpc) is 3.00. The summed E-state index contributed by atoms with van der Waals surface area (Å²) in [6.45, 7) is 0.184. The van der Waals surface area contributed by atoms with E-state index in [0.717, 1.165) is 10.4 Å². The Morgan fingerprint density at radius 2 is 2.10 bits per heavy atom. The molecule has 1 aromatic carbocycles. The van der Waals surface area contributed by atoms with Gasteiger partial charge in [0.05, 0.1) is 12.6 Å². The molecule has 2 atom stereocenters. The Morgan fingerprint density at radius 3 is 2.67 bits per heavy atom. The number of hydrogen-bond acceptors (Lipinski definition) is 4. The van der Waals surface area contributed by atoms with Gasteiger partial charge in [0.2, 0.25) is 5.91 Å². The second-order valence-electron chi connectivity index (χ2n) is 4.57. The Bertz CT molecular complexity index is 572. The van der Waals surface area contributed by atoms with Crippen molar-refractivity contribution in [2.75, 3.05) is 13.7 Å². The van der Waals surface area contributed by atoms with Crippen LogP contribution in [0.2, 0.25) is 5.02 Å². The van der Waals surface area contributed by atoms with E-state index in [1.807, 2.05) is 29.6 Å². The third kappa shape index (κ3) is 4.28. The van der Waals surface area contributed by atoms with Crippen molar-refractivity contribution >= 4 is 28.8 Å². The van der Waals surface area contributed by atoms with Crippen molar-refractivity contribution in [3.8, 4) is 0 Å². The molecule has 3 N–H and O–H groups in total. The molecule has 0 fully saturated rings. The van der Waals surface area contributed by atoms with Crippen LogP contribution in [0.15, 0.2) is 41.8 Å². The van der Waals surface area contributed by atoms with Gasteiger partial charge in [0.1, 0.15) is 6.04 Å². The fraction of sp³-hybridized carbons (Fsp3) is 0.267. The highest BCUT2D eigenvalue weighted by Gasteiger charge is 2.21. The fourth-order valence-electron chi connectivity index (χ4n) is 1.93. The molecule has 0 saturated carbocycles. The third-order valence-electron chi connectivity index (χ3n) is 3.00. The molecule has 4 nitrogen and oxygen atoms in total. The van der Waals surface area contributed by atoms with Gasteiger partial charge in [0.25, 0.3) is 0 Å². The van der Waals surface area contributed by atoms with Crippen molar-refractivity contribution in [2.45, 2.75) is 12.1 Å². The first-order valence-corrected chi connectivity index (χ1v) is 7.71. The highest BCUT2D eigenvalue weighted by Crippen LogP contribution is 2.27. The lowest BCUT2D eigenvalue weighted by atomic mass is 10.0. The highest BCUT2D eigenvalue weighted by molar-refractivity contribution is 7.10. The lowest BCUT2D eigenvalue weighted by molar-refractivity contribution is -0.123. The van der Waals surface area contributed by atoms with Gasteiger partial charge in [0, 0.05) is 17.0 Å². The first kappa shape index (κ1) is 16.0. The molecule has 0 radical (unpaired) electrons. The van der Waals surface area contributed by atoms with Crippen LogP contribution in [0.4, 0.5) is 0 Å². The molecule has 112 valence electrons. The first-order chi connectivity index (χ1) is 10.1. The van der Waals surface area contributed by atoms with E-state index >= 15 is 0 Å². The molecular weight excluding hydrogens is 308 g/mol. The van der Waals surface area contributed by atoms with Crippen LogP contribution < -0.4 is 11.1 Å². The van der Waals surface area contributed by atoms with Crippen molar-refractivity contribution in [3.05, 3.63) is 57.2 Å². The molecule has 1 heterocycles. The van der Waals surface area contributed by atoms with Crippen LogP contribution in [0, 0.1) is 0 Å². The number of hydrogen-bond donors (Lipinski definition) is 2. The quantitative estimate of drug-likeness (QED) is 0.858. The number of benzene rings is 1. The van der Waals surface area contributed by atoms with Crippen molar-refractivity contribution in [2.24, 2.45) is 5.73 Å². The molecule has 1 aromatic heterocycles. The standard InChI is InChI=1S/C15H17ClN2O2S/c1-20-9-12(17)15(19)18-14(13-3-2-8-21-13)10-4-6-11(16)7-5-10/h2-8,12,14H,9,17H2,1H3,(H,18,19). The number of halogens is 1. The molecule has 2 rings (SSSR count). The minimum absolute atomic E-state index is 0.184. The predicted octanol–water partition coefficient (Wildman–Crippen LogP) is 2.58. The maximum Gasteiger partial charge on any atom is 0.240 e. The summed E-state index contributed by atoms with van der Waals surface area (Å²) in [6, 6.07) is 10.4. The van der Waals surface area contributed by atoms with E-state index in [1.165, 1.54) is 7.11 Å². The van der Waals surface area contributed by atoms with Gasteiger partial charge in [-0.2, -0.15) is 0 Å². The zero-order chi connectivity index (χ0) is 15.2. The van der Waals surface area contributed by atoms with E-state index in [0.29, 0.717) is 5.02 Å². The summed E-state index contributed by atoms with van der Waals surface area (Å²) in [4.78, 5) is 13.2. The molecule has 6 heteroatoms. The van der Waals surface area contributed by atoms with Gasteiger partial charge in [-0.1, -0.05) is 29.8 Å². The van der Waals surface area contributed by atoms with Gasteiger partial charge >= 0.3 is 0 Å². The minimum Gasteiger partial charge on any atom is -0.383 e. The van der Waals surface area contributed by atoms with Gasteiger partial charge in [-0.25, -0.2) is 0 Å². The third-order valence-corrected chi connectivity index (χ3v) is 4.19. The largest absolute Gasteiger partial charge is 0.383 e. The number of carbonyl (C=O) groups is 1. The number of ether oxygens (including phenoxy) is 1. The average molecular weight is 325 g/mol. The number of amides is 1. The molecule has 2 aromatic rings. The summed E-state index contributed by atoms with van der Waals surface area (Å²) in [5.74, 6) is -0.245. The molecule has 0 aliphatic carbocycles. The molecule has 2 unspecified atom stereocenters. The summed E-state index contributed by atoms with van der Waals surface area (Å²) in [6.07, 6.45) is 0. The van der Waals surface area contributed by atoms with E-state index in [9.17, 15) is 4.79 Å². The molecule has 1 amide bonds. The van der Waals surface area contributed by atoms with Gasteiger partial charge in [-0.15, -0.1) is 11.3 Å². The second-order valence-corrected chi connectivity index (χ2v) is 5.99.